The molecular formula is C15H28N2O2S. The van der Waals surface area contributed by atoms with Gasteiger partial charge in [-0.1, -0.05) is 19.3 Å². The second-order valence-corrected chi connectivity index (χ2v) is 6.60. The zero-order chi connectivity index (χ0) is 14.8. The molecule has 1 fully saturated rings. The molecule has 0 saturated heterocycles. The highest BCUT2D eigenvalue weighted by Gasteiger charge is 2.25. The van der Waals surface area contributed by atoms with Crippen molar-refractivity contribution in [2.24, 2.45) is 0 Å². The first-order valence-electron chi connectivity index (χ1n) is 7.70. The van der Waals surface area contributed by atoms with E-state index in [0.717, 1.165) is 25.7 Å². The van der Waals surface area contributed by atoms with Crippen LogP contribution in [0.3, 0.4) is 0 Å². The summed E-state index contributed by atoms with van der Waals surface area (Å²) in [5.41, 5.74) is 0. The normalized spacial score (nSPS) is 22.3. The van der Waals surface area contributed by atoms with Crippen molar-refractivity contribution in [3.8, 4) is 0 Å². The van der Waals surface area contributed by atoms with E-state index in [4.69, 9.17) is 0 Å². The molecule has 0 aromatic rings. The van der Waals surface area contributed by atoms with E-state index in [-0.39, 0.29) is 11.8 Å². The summed E-state index contributed by atoms with van der Waals surface area (Å²) in [6.07, 6.45) is 10.5. The molecule has 0 aromatic heterocycles. The fourth-order valence-corrected chi connectivity index (χ4v) is 3.61. The van der Waals surface area contributed by atoms with Gasteiger partial charge in [-0.2, -0.15) is 11.8 Å². The van der Waals surface area contributed by atoms with Crippen LogP contribution in [0.2, 0.25) is 0 Å². The van der Waals surface area contributed by atoms with Gasteiger partial charge in [-0.3, -0.25) is 9.59 Å². The molecule has 0 aliphatic heterocycles. The van der Waals surface area contributed by atoms with Gasteiger partial charge in [-0.15, -0.1) is 0 Å². The lowest BCUT2D eigenvalue weighted by atomic mass is 9.94. The number of carbonyl (C=O) groups excluding carboxylic acids is 2. The minimum Gasteiger partial charge on any atom is -0.356 e. The minimum atomic E-state index is 0.0168. The molecule has 4 nitrogen and oxygen atoms in total. The number of carbonyl (C=O) groups is 2. The molecule has 2 N–H and O–H groups in total. The quantitative estimate of drug-likeness (QED) is 0.677. The standard InChI is InChI=1S/C15H28N2O2S/c1-12(18)16-11-7-3-4-10-15(19)17-13-8-5-6-9-14(13)20-2/h13-14H,3-11H2,1-2H3,(H,16,18)(H,17,19)/t13-,14-/m1/s1. The smallest absolute Gasteiger partial charge is 0.220 e. The van der Waals surface area contributed by atoms with E-state index in [1.54, 1.807) is 0 Å². The van der Waals surface area contributed by atoms with Gasteiger partial charge in [0.1, 0.15) is 0 Å². The third kappa shape index (κ3) is 7.17. The van der Waals surface area contributed by atoms with Gasteiger partial charge in [-0.05, 0) is 31.9 Å². The highest BCUT2D eigenvalue weighted by Crippen LogP contribution is 2.27. The molecule has 2 atom stereocenters. The van der Waals surface area contributed by atoms with Gasteiger partial charge < -0.3 is 10.6 Å². The molecule has 1 aliphatic rings. The number of rotatable bonds is 8. The maximum atomic E-state index is 11.9. The SMILES string of the molecule is CS[C@@H]1CCCC[C@H]1NC(=O)CCCCCNC(C)=O. The number of hydrogen-bond donors (Lipinski definition) is 2. The molecule has 0 bridgehead atoms. The van der Waals surface area contributed by atoms with Gasteiger partial charge in [0.25, 0.3) is 0 Å². The molecule has 0 unspecified atom stereocenters. The minimum absolute atomic E-state index is 0.0168. The molecular weight excluding hydrogens is 272 g/mol. The maximum Gasteiger partial charge on any atom is 0.220 e. The number of unbranched alkanes of at least 4 members (excludes halogenated alkanes) is 2. The highest BCUT2D eigenvalue weighted by molar-refractivity contribution is 7.99. The molecule has 0 heterocycles. The molecule has 0 spiro atoms. The lowest BCUT2D eigenvalue weighted by Gasteiger charge is -2.30. The second kappa shape index (κ2) is 10.1. The van der Waals surface area contributed by atoms with Gasteiger partial charge in [0.2, 0.25) is 11.8 Å². The second-order valence-electron chi connectivity index (χ2n) is 5.53. The Morgan fingerprint density at radius 2 is 1.90 bits per heavy atom. The third-order valence-electron chi connectivity index (χ3n) is 3.81. The Morgan fingerprint density at radius 1 is 1.15 bits per heavy atom. The van der Waals surface area contributed by atoms with E-state index in [0.29, 0.717) is 24.3 Å². The Labute approximate surface area is 126 Å². The molecule has 5 heteroatoms. The molecule has 20 heavy (non-hydrogen) atoms. The average Bonchev–Trinajstić information content (AvgIpc) is 2.43. The summed E-state index contributed by atoms with van der Waals surface area (Å²) in [6.45, 7) is 2.24. The third-order valence-corrected chi connectivity index (χ3v) is 4.98. The van der Waals surface area contributed by atoms with E-state index >= 15 is 0 Å². The number of thioether (sulfide) groups is 1. The first-order chi connectivity index (χ1) is 9.63. The summed E-state index contributed by atoms with van der Waals surface area (Å²) < 4.78 is 0. The van der Waals surface area contributed by atoms with Crippen molar-refractivity contribution in [1.29, 1.82) is 0 Å². The Morgan fingerprint density at radius 3 is 2.60 bits per heavy atom. The van der Waals surface area contributed by atoms with Gasteiger partial charge >= 0.3 is 0 Å². The van der Waals surface area contributed by atoms with Crippen LogP contribution in [0.15, 0.2) is 0 Å². The topological polar surface area (TPSA) is 58.2 Å². The van der Waals surface area contributed by atoms with Crippen LogP contribution in [0.25, 0.3) is 0 Å². The van der Waals surface area contributed by atoms with Crippen LogP contribution in [0, 0.1) is 0 Å². The van der Waals surface area contributed by atoms with Gasteiger partial charge in [-0.25, -0.2) is 0 Å². The highest BCUT2D eigenvalue weighted by atomic mass is 32.2. The van der Waals surface area contributed by atoms with Crippen molar-refractivity contribution in [2.45, 2.75) is 69.6 Å². The fourth-order valence-electron chi connectivity index (χ4n) is 2.67. The van der Waals surface area contributed by atoms with Gasteiger partial charge in [0.05, 0.1) is 0 Å². The molecule has 1 rings (SSSR count). The van der Waals surface area contributed by atoms with E-state index in [9.17, 15) is 9.59 Å². The van der Waals surface area contributed by atoms with Crippen molar-refractivity contribution in [3.63, 3.8) is 0 Å². The monoisotopic (exact) mass is 300 g/mol. The predicted octanol–water partition coefficient (Wildman–Crippen LogP) is 2.47. The van der Waals surface area contributed by atoms with Crippen molar-refractivity contribution >= 4 is 23.6 Å². The number of hydrogen-bond acceptors (Lipinski definition) is 3. The average molecular weight is 300 g/mol. The van der Waals surface area contributed by atoms with Crippen molar-refractivity contribution in [2.75, 3.05) is 12.8 Å². The zero-order valence-corrected chi connectivity index (χ0v) is 13.6. The maximum absolute atomic E-state index is 11.9. The van der Waals surface area contributed by atoms with Crippen LogP contribution in [0.1, 0.15) is 58.3 Å². The largest absolute Gasteiger partial charge is 0.356 e. The summed E-state index contributed by atoms with van der Waals surface area (Å²) in [7, 11) is 0. The summed E-state index contributed by atoms with van der Waals surface area (Å²) in [6, 6.07) is 0.366. The molecule has 1 aliphatic carbocycles. The van der Waals surface area contributed by atoms with Crippen LogP contribution in [-0.2, 0) is 9.59 Å². The van der Waals surface area contributed by atoms with Crippen LogP contribution in [0.5, 0.6) is 0 Å². The molecule has 1 saturated carbocycles. The van der Waals surface area contributed by atoms with E-state index in [1.165, 1.54) is 26.2 Å². The van der Waals surface area contributed by atoms with Crippen LogP contribution >= 0.6 is 11.8 Å². The Bertz CT molecular complexity index is 310. The summed E-state index contributed by atoms with van der Waals surface area (Å²) >= 11 is 1.88. The van der Waals surface area contributed by atoms with Crippen molar-refractivity contribution in [1.82, 2.24) is 10.6 Å². The molecule has 116 valence electrons. The Kier molecular flexibility index (Phi) is 8.74. The Balaban J connectivity index is 2.08. The van der Waals surface area contributed by atoms with Crippen molar-refractivity contribution < 1.29 is 9.59 Å². The lowest BCUT2D eigenvalue weighted by molar-refractivity contribution is -0.122. The van der Waals surface area contributed by atoms with Crippen LogP contribution < -0.4 is 10.6 Å². The first-order valence-corrected chi connectivity index (χ1v) is 8.99. The van der Waals surface area contributed by atoms with Gasteiger partial charge in [0.15, 0.2) is 0 Å². The van der Waals surface area contributed by atoms with Gasteiger partial charge in [0, 0.05) is 31.2 Å². The lowest BCUT2D eigenvalue weighted by Crippen LogP contribution is -2.43. The zero-order valence-electron chi connectivity index (χ0n) is 12.7. The molecule has 2 amide bonds. The van der Waals surface area contributed by atoms with Crippen LogP contribution in [-0.4, -0.2) is 35.9 Å². The van der Waals surface area contributed by atoms with E-state index < -0.39 is 0 Å². The van der Waals surface area contributed by atoms with Crippen molar-refractivity contribution in [3.05, 3.63) is 0 Å². The predicted molar refractivity (Wildman–Crippen MR) is 84.9 cm³/mol. The molecule has 0 radical (unpaired) electrons. The fraction of sp³-hybridized carbons (Fsp3) is 0.867. The first kappa shape index (κ1) is 17.3. The Hall–Kier alpha value is -0.710. The molecule has 0 aromatic carbocycles. The number of amides is 2. The number of nitrogens with one attached hydrogen (secondary N) is 2. The van der Waals surface area contributed by atoms with E-state index in [2.05, 4.69) is 16.9 Å². The summed E-state index contributed by atoms with van der Waals surface area (Å²) in [5, 5.41) is 6.56. The van der Waals surface area contributed by atoms with E-state index in [1.807, 2.05) is 11.8 Å². The van der Waals surface area contributed by atoms with Crippen LogP contribution in [0.4, 0.5) is 0 Å². The summed E-state index contributed by atoms with van der Waals surface area (Å²) in [5.74, 6) is 0.207. The summed E-state index contributed by atoms with van der Waals surface area (Å²) in [4.78, 5) is 22.6.